The third-order valence-corrected chi connectivity index (χ3v) is 5.41. The van der Waals surface area contributed by atoms with Gasteiger partial charge < -0.3 is 15.6 Å². The van der Waals surface area contributed by atoms with E-state index in [1.54, 1.807) is 18.1 Å². The van der Waals surface area contributed by atoms with Crippen LogP contribution < -0.4 is 5.73 Å². The number of halogens is 1. The van der Waals surface area contributed by atoms with Gasteiger partial charge in [-0.15, -0.1) is 11.6 Å². The van der Waals surface area contributed by atoms with Crippen LogP contribution in [0.15, 0.2) is 12.7 Å². The van der Waals surface area contributed by atoms with Gasteiger partial charge in [0.2, 0.25) is 0 Å². The van der Waals surface area contributed by atoms with Crippen LogP contribution in [-0.2, 0) is 4.74 Å². The molecular weight excluding hydrogens is 314 g/mol. The summed E-state index contributed by atoms with van der Waals surface area (Å²) in [5, 5.41) is 9.13. The van der Waals surface area contributed by atoms with Crippen molar-refractivity contribution in [2.24, 2.45) is 0 Å². The van der Waals surface area contributed by atoms with Crippen LogP contribution in [0.4, 0.5) is 5.82 Å². The van der Waals surface area contributed by atoms with E-state index in [2.05, 4.69) is 21.9 Å². The second-order valence-corrected chi connectivity index (χ2v) is 6.65. The van der Waals surface area contributed by atoms with Crippen molar-refractivity contribution in [1.82, 2.24) is 19.5 Å². The number of nitrogen functional groups attached to an aromatic ring is 1. The smallest absolute Gasteiger partial charge is 0.167 e. The zero-order valence-corrected chi connectivity index (χ0v) is 13.0. The minimum atomic E-state index is -0.405. The van der Waals surface area contributed by atoms with E-state index in [0.717, 1.165) is 5.75 Å². The molecule has 1 fully saturated rings. The number of aliphatic hydroxyl groups excluding tert-OH is 1. The fraction of sp³-hybridized carbons (Fsp3) is 0.583. The number of ether oxygens (including phenoxy) is 1. The number of thioether (sulfide) groups is 1. The number of fused-ring (bicyclic) bond motifs is 1. The number of nitrogens with two attached hydrogens (primary N) is 1. The first-order valence-electron chi connectivity index (χ1n) is 6.62. The molecular formula is C12H16ClN5O2S. The summed E-state index contributed by atoms with van der Waals surface area (Å²) in [5.74, 6) is 1.23. The van der Waals surface area contributed by atoms with Crippen molar-refractivity contribution in [2.45, 2.75) is 29.9 Å². The lowest BCUT2D eigenvalue weighted by molar-refractivity contribution is -0.0189. The van der Waals surface area contributed by atoms with Crippen molar-refractivity contribution < 1.29 is 9.84 Å². The Morgan fingerprint density at radius 2 is 2.29 bits per heavy atom. The lowest BCUT2D eigenvalue weighted by atomic mass is 10.2. The second kappa shape index (κ2) is 5.96. The van der Waals surface area contributed by atoms with E-state index in [0.29, 0.717) is 17.0 Å². The second-order valence-electron chi connectivity index (χ2n) is 4.70. The van der Waals surface area contributed by atoms with E-state index >= 15 is 0 Å². The van der Waals surface area contributed by atoms with Crippen LogP contribution >= 0.6 is 23.4 Å². The van der Waals surface area contributed by atoms with Crippen molar-refractivity contribution in [3.8, 4) is 0 Å². The maximum atomic E-state index is 9.41. The van der Waals surface area contributed by atoms with Gasteiger partial charge in [0.15, 0.2) is 17.7 Å². The van der Waals surface area contributed by atoms with Gasteiger partial charge in [-0.3, -0.25) is 4.57 Å². The van der Waals surface area contributed by atoms with Crippen molar-refractivity contribution >= 4 is 40.3 Å². The monoisotopic (exact) mass is 329 g/mol. The largest absolute Gasteiger partial charge is 0.394 e. The molecule has 0 bridgehead atoms. The van der Waals surface area contributed by atoms with Crippen molar-refractivity contribution in [2.75, 3.05) is 18.1 Å². The molecule has 7 nitrogen and oxygen atoms in total. The summed E-state index contributed by atoms with van der Waals surface area (Å²) < 4.78 is 7.71. The van der Waals surface area contributed by atoms with Crippen LogP contribution in [0, 0.1) is 0 Å². The highest BCUT2D eigenvalue weighted by molar-refractivity contribution is 8.00. The molecule has 9 heteroatoms. The van der Waals surface area contributed by atoms with Crippen LogP contribution in [0.3, 0.4) is 0 Å². The van der Waals surface area contributed by atoms with Gasteiger partial charge in [0.1, 0.15) is 17.9 Å². The predicted octanol–water partition coefficient (Wildman–Crippen LogP) is 1.03. The fourth-order valence-electron chi connectivity index (χ4n) is 2.49. The van der Waals surface area contributed by atoms with E-state index < -0.39 is 6.10 Å². The summed E-state index contributed by atoms with van der Waals surface area (Å²) in [6.07, 6.45) is 2.28. The fourth-order valence-corrected chi connectivity index (χ4v) is 4.08. The Morgan fingerprint density at radius 1 is 1.48 bits per heavy atom. The molecule has 0 spiro atoms. The molecule has 0 radical (unpaired) electrons. The number of aliphatic hydroxyl groups is 1. The van der Waals surface area contributed by atoms with Crippen LogP contribution in [0.1, 0.15) is 13.2 Å². The summed E-state index contributed by atoms with van der Waals surface area (Å²) in [5.41, 5.74) is 6.95. The molecule has 2 aromatic heterocycles. The molecule has 1 aliphatic rings. The predicted molar refractivity (Wildman–Crippen MR) is 82.3 cm³/mol. The summed E-state index contributed by atoms with van der Waals surface area (Å²) in [7, 11) is 0. The number of anilines is 1. The molecule has 2 aromatic rings. The van der Waals surface area contributed by atoms with Crippen LogP contribution in [0.5, 0.6) is 0 Å². The Bertz CT molecular complexity index is 639. The van der Waals surface area contributed by atoms with Crippen LogP contribution in [-0.4, -0.2) is 53.7 Å². The van der Waals surface area contributed by atoms with Gasteiger partial charge in [-0.2, -0.15) is 11.8 Å². The van der Waals surface area contributed by atoms with Gasteiger partial charge >= 0.3 is 0 Å². The molecule has 4 atom stereocenters. The number of rotatable bonds is 4. The number of hydrogen-bond acceptors (Lipinski definition) is 7. The average molecular weight is 330 g/mol. The van der Waals surface area contributed by atoms with E-state index in [9.17, 15) is 5.11 Å². The maximum absolute atomic E-state index is 9.41. The Hall–Kier alpha value is -1.09. The topological polar surface area (TPSA) is 99.1 Å². The SMILES string of the molecule is CCSC1[C@@H](Cl)[C@@H](CO)O[C@H]1n1cnc2c(N)ncnc21. The summed E-state index contributed by atoms with van der Waals surface area (Å²) in [4.78, 5) is 12.4. The molecule has 3 N–H and O–H groups in total. The number of imidazole rings is 1. The first-order valence-corrected chi connectivity index (χ1v) is 8.10. The Labute approximate surface area is 130 Å². The summed E-state index contributed by atoms with van der Waals surface area (Å²) >= 11 is 8.11. The lowest BCUT2D eigenvalue weighted by Gasteiger charge is -2.20. The molecule has 3 rings (SSSR count). The minimum absolute atomic E-state index is 0.00223. The maximum Gasteiger partial charge on any atom is 0.167 e. The van der Waals surface area contributed by atoms with Gasteiger partial charge in [0.25, 0.3) is 0 Å². The minimum Gasteiger partial charge on any atom is -0.394 e. The zero-order chi connectivity index (χ0) is 15.0. The molecule has 1 unspecified atom stereocenters. The van der Waals surface area contributed by atoms with E-state index in [1.165, 1.54) is 6.33 Å². The Kier molecular flexibility index (Phi) is 4.21. The standard InChI is InChI=1S/C12H16ClN5O2S/c1-2-21-9-7(13)6(3-19)20-12(9)18-5-17-8-10(14)15-4-16-11(8)18/h4-7,9,12,19H,2-3H2,1H3,(H2,14,15,16)/t6-,7+,9?,12-/m1/s1. The molecule has 0 aliphatic carbocycles. The highest BCUT2D eigenvalue weighted by Gasteiger charge is 2.44. The summed E-state index contributed by atoms with van der Waals surface area (Å²) in [6.45, 7) is 1.94. The van der Waals surface area contributed by atoms with E-state index in [-0.39, 0.29) is 23.5 Å². The van der Waals surface area contributed by atoms with Gasteiger partial charge in [-0.25, -0.2) is 15.0 Å². The lowest BCUT2D eigenvalue weighted by Crippen LogP contribution is -2.26. The number of nitrogens with zero attached hydrogens (tertiary/aromatic N) is 4. The van der Waals surface area contributed by atoms with Gasteiger partial charge in [0.05, 0.1) is 23.6 Å². The van der Waals surface area contributed by atoms with E-state index in [1.807, 2.05) is 4.57 Å². The number of alkyl halides is 1. The first kappa shape index (κ1) is 14.8. The summed E-state index contributed by atoms with van der Waals surface area (Å²) in [6, 6.07) is 0. The van der Waals surface area contributed by atoms with Crippen molar-refractivity contribution in [3.63, 3.8) is 0 Å². The molecule has 0 saturated carbocycles. The molecule has 3 heterocycles. The van der Waals surface area contributed by atoms with Gasteiger partial charge in [0, 0.05) is 0 Å². The first-order chi connectivity index (χ1) is 10.2. The Balaban J connectivity index is 2.02. The Morgan fingerprint density at radius 3 is 3.00 bits per heavy atom. The van der Waals surface area contributed by atoms with Crippen LogP contribution in [0.2, 0.25) is 0 Å². The van der Waals surface area contributed by atoms with E-state index in [4.69, 9.17) is 22.1 Å². The molecule has 0 aromatic carbocycles. The van der Waals surface area contributed by atoms with Crippen molar-refractivity contribution in [3.05, 3.63) is 12.7 Å². The normalized spacial score (nSPS) is 29.3. The highest BCUT2D eigenvalue weighted by atomic mass is 35.5. The molecule has 1 aliphatic heterocycles. The van der Waals surface area contributed by atoms with Crippen LogP contribution in [0.25, 0.3) is 11.2 Å². The van der Waals surface area contributed by atoms with Gasteiger partial charge in [-0.05, 0) is 5.75 Å². The molecule has 21 heavy (non-hydrogen) atoms. The quantitative estimate of drug-likeness (QED) is 0.808. The molecule has 0 amide bonds. The third-order valence-electron chi connectivity index (χ3n) is 3.46. The van der Waals surface area contributed by atoms with Crippen molar-refractivity contribution in [1.29, 1.82) is 0 Å². The zero-order valence-electron chi connectivity index (χ0n) is 11.4. The molecule has 1 saturated heterocycles. The third kappa shape index (κ3) is 2.46. The molecule has 114 valence electrons. The number of aromatic nitrogens is 4. The average Bonchev–Trinajstić information content (AvgIpc) is 3.03. The van der Waals surface area contributed by atoms with Gasteiger partial charge in [-0.1, -0.05) is 6.92 Å². The number of hydrogen-bond donors (Lipinski definition) is 2. The highest BCUT2D eigenvalue weighted by Crippen LogP contribution is 2.41.